The number of esters is 1. The molecule has 0 spiro atoms. The van der Waals surface area contributed by atoms with Gasteiger partial charge in [-0.1, -0.05) is 12.1 Å². The predicted octanol–water partition coefficient (Wildman–Crippen LogP) is 1.50. The summed E-state index contributed by atoms with van der Waals surface area (Å²) in [6.07, 6.45) is 0. The van der Waals surface area contributed by atoms with Crippen molar-refractivity contribution < 1.29 is 19.0 Å². The number of benzene rings is 1. The number of hydrogen-bond donors (Lipinski definition) is 0. The highest BCUT2D eigenvalue weighted by Crippen LogP contribution is 2.17. The van der Waals surface area contributed by atoms with Crippen molar-refractivity contribution in [1.29, 1.82) is 0 Å². The average molecular weight is 210 g/mol. The summed E-state index contributed by atoms with van der Waals surface area (Å²) in [5.74, 6) is 0.115. The third-order valence-corrected chi connectivity index (χ3v) is 1.85. The first-order valence-corrected chi connectivity index (χ1v) is 4.58. The summed E-state index contributed by atoms with van der Waals surface area (Å²) in [5, 5.41) is 0. The zero-order chi connectivity index (χ0) is 11.1. The Kier molecular flexibility index (Phi) is 4.63. The summed E-state index contributed by atoms with van der Waals surface area (Å²) >= 11 is 0. The number of carbonyl (C=O) groups excluding carboxylic acids is 1. The molecule has 0 aliphatic rings. The van der Waals surface area contributed by atoms with Crippen LogP contribution in [0.25, 0.3) is 0 Å². The van der Waals surface area contributed by atoms with Crippen LogP contribution in [0.1, 0.15) is 10.4 Å². The standard InChI is InChI=1S/C11H14O4/c1-13-7-8-15-11(12)9-5-3-4-6-10(9)14-2/h3-6H,7-8H2,1-2H3. The van der Waals surface area contributed by atoms with Crippen LogP contribution >= 0.6 is 0 Å². The van der Waals surface area contributed by atoms with Gasteiger partial charge in [-0.2, -0.15) is 0 Å². The highest BCUT2D eigenvalue weighted by Gasteiger charge is 2.12. The monoisotopic (exact) mass is 210 g/mol. The summed E-state index contributed by atoms with van der Waals surface area (Å²) in [6, 6.07) is 6.93. The zero-order valence-electron chi connectivity index (χ0n) is 8.86. The SMILES string of the molecule is COCCOC(=O)c1ccccc1OC. The van der Waals surface area contributed by atoms with E-state index in [1.165, 1.54) is 7.11 Å². The van der Waals surface area contributed by atoms with E-state index in [9.17, 15) is 4.79 Å². The summed E-state index contributed by atoms with van der Waals surface area (Å²) in [7, 11) is 3.07. The van der Waals surface area contributed by atoms with Gasteiger partial charge in [0.1, 0.15) is 17.9 Å². The van der Waals surface area contributed by atoms with E-state index in [-0.39, 0.29) is 6.61 Å². The van der Waals surface area contributed by atoms with Crippen LogP contribution in [-0.2, 0) is 9.47 Å². The summed E-state index contributed by atoms with van der Waals surface area (Å²) < 4.78 is 14.8. The first-order chi connectivity index (χ1) is 7.29. The first kappa shape index (κ1) is 11.5. The Balaban J connectivity index is 2.64. The smallest absolute Gasteiger partial charge is 0.342 e. The largest absolute Gasteiger partial charge is 0.496 e. The van der Waals surface area contributed by atoms with Crippen molar-refractivity contribution >= 4 is 5.97 Å². The lowest BCUT2D eigenvalue weighted by atomic mass is 10.2. The van der Waals surface area contributed by atoms with Crippen LogP contribution in [0, 0.1) is 0 Å². The van der Waals surface area contributed by atoms with Crippen LogP contribution in [-0.4, -0.2) is 33.4 Å². The van der Waals surface area contributed by atoms with Crippen molar-refractivity contribution in [2.24, 2.45) is 0 Å². The summed E-state index contributed by atoms with van der Waals surface area (Å²) in [5.41, 5.74) is 0.427. The normalized spacial score (nSPS) is 9.73. The van der Waals surface area contributed by atoms with Gasteiger partial charge >= 0.3 is 5.97 Å². The molecule has 0 saturated carbocycles. The Bertz CT molecular complexity index is 322. The summed E-state index contributed by atoms with van der Waals surface area (Å²) in [6.45, 7) is 0.633. The number of ether oxygens (including phenoxy) is 3. The van der Waals surface area contributed by atoms with E-state index in [4.69, 9.17) is 14.2 Å². The molecule has 0 N–H and O–H groups in total. The van der Waals surface area contributed by atoms with Crippen molar-refractivity contribution in [3.8, 4) is 5.75 Å². The molecular formula is C11H14O4. The molecule has 0 radical (unpaired) electrons. The van der Waals surface area contributed by atoms with Crippen molar-refractivity contribution in [2.75, 3.05) is 27.4 Å². The van der Waals surface area contributed by atoms with Crippen LogP contribution in [0.15, 0.2) is 24.3 Å². The molecule has 0 heterocycles. The molecule has 0 aliphatic heterocycles. The highest BCUT2D eigenvalue weighted by atomic mass is 16.6. The number of hydrogen-bond acceptors (Lipinski definition) is 4. The van der Waals surface area contributed by atoms with E-state index in [2.05, 4.69) is 0 Å². The Morgan fingerprint density at radius 1 is 1.20 bits per heavy atom. The first-order valence-electron chi connectivity index (χ1n) is 4.58. The van der Waals surface area contributed by atoms with E-state index in [0.29, 0.717) is 17.9 Å². The van der Waals surface area contributed by atoms with Crippen molar-refractivity contribution in [2.45, 2.75) is 0 Å². The maximum atomic E-state index is 11.5. The topological polar surface area (TPSA) is 44.8 Å². The lowest BCUT2D eigenvalue weighted by Crippen LogP contribution is -2.10. The molecule has 82 valence electrons. The molecule has 4 nitrogen and oxygen atoms in total. The predicted molar refractivity (Wildman–Crippen MR) is 55.2 cm³/mol. The molecule has 0 aliphatic carbocycles. The molecule has 1 aromatic carbocycles. The van der Waals surface area contributed by atoms with Crippen LogP contribution in [0.3, 0.4) is 0 Å². The second kappa shape index (κ2) is 6.03. The van der Waals surface area contributed by atoms with Gasteiger partial charge in [-0.3, -0.25) is 0 Å². The van der Waals surface area contributed by atoms with Gasteiger partial charge < -0.3 is 14.2 Å². The van der Waals surface area contributed by atoms with Crippen LogP contribution in [0.2, 0.25) is 0 Å². The molecule has 0 atom stereocenters. The Morgan fingerprint density at radius 2 is 1.93 bits per heavy atom. The lowest BCUT2D eigenvalue weighted by molar-refractivity contribution is 0.0385. The molecule has 1 aromatic rings. The molecule has 15 heavy (non-hydrogen) atoms. The van der Waals surface area contributed by atoms with E-state index in [0.717, 1.165) is 0 Å². The molecule has 0 saturated heterocycles. The number of rotatable bonds is 5. The minimum atomic E-state index is -0.399. The fourth-order valence-electron chi connectivity index (χ4n) is 1.11. The van der Waals surface area contributed by atoms with Crippen molar-refractivity contribution in [3.63, 3.8) is 0 Å². The lowest BCUT2D eigenvalue weighted by Gasteiger charge is -2.07. The fourth-order valence-corrected chi connectivity index (χ4v) is 1.11. The second-order valence-electron chi connectivity index (χ2n) is 2.83. The Hall–Kier alpha value is -1.55. The van der Waals surface area contributed by atoms with Crippen LogP contribution < -0.4 is 4.74 Å². The van der Waals surface area contributed by atoms with Crippen LogP contribution in [0.5, 0.6) is 5.75 Å². The van der Waals surface area contributed by atoms with Crippen molar-refractivity contribution in [1.82, 2.24) is 0 Å². The van der Waals surface area contributed by atoms with E-state index < -0.39 is 5.97 Å². The quantitative estimate of drug-likeness (QED) is 0.545. The number of carbonyl (C=O) groups is 1. The molecule has 0 unspecified atom stereocenters. The zero-order valence-corrected chi connectivity index (χ0v) is 8.86. The van der Waals surface area contributed by atoms with E-state index in [1.807, 2.05) is 0 Å². The summed E-state index contributed by atoms with van der Waals surface area (Å²) in [4.78, 5) is 11.5. The highest BCUT2D eigenvalue weighted by molar-refractivity contribution is 5.92. The number of methoxy groups -OCH3 is 2. The van der Waals surface area contributed by atoms with Gasteiger partial charge in [0.15, 0.2) is 0 Å². The van der Waals surface area contributed by atoms with Gasteiger partial charge in [0.2, 0.25) is 0 Å². The van der Waals surface area contributed by atoms with Gasteiger partial charge in [0, 0.05) is 7.11 Å². The third kappa shape index (κ3) is 3.25. The Morgan fingerprint density at radius 3 is 2.60 bits per heavy atom. The fraction of sp³-hybridized carbons (Fsp3) is 0.364. The Labute approximate surface area is 88.8 Å². The average Bonchev–Trinajstić information content (AvgIpc) is 2.29. The molecule has 0 fully saturated rings. The van der Waals surface area contributed by atoms with E-state index >= 15 is 0 Å². The minimum Gasteiger partial charge on any atom is -0.496 e. The second-order valence-corrected chi connectivity index (χ2v) is 2.83. The van der Waals surface area contributed by atoms with Gasteiger partial charge in [-0.25, -0.2) is 4.79 Å². The maximum absolute atomic E-state index is 11.5. The maximum Gasteiger partial charge on any atom is 0.342 e. The van der Waals surface area contributed by atoms with Gasteiger partial charge in [0.25, 0.3) is 0 Å². The minimum absolute atomic E-state index is 0.243. The van der Waals surface area contributed by atoms with Gasteiger partial charge in [-0.05, 0) is 12.1 Å². The molecule has 0 amide bonds. The molecule has 0 aromatic heterocycles. The molecule has 0 bridgehead atoms. The van der Waals surface area contributed by atoms with Gasteiger partial charge in [0.05, 0.1) is 13.7 Å². The molecule has 1 rings (SSSR count). The third-order valence-electron chi connectivity index (χ3n) is 1.85. The number of para-hydroxylation sites is 1. The van der Waals surface area contributed by atoms with Gasteiger partial charge in [-0.15, -0.1) is 0 Å². The van der Waals surface area contributed by atoms with Crippen LogP contribution in [0.4, 0.5) is 0 Å². The van der Waals surface area contributed by atoms with E-state index in [1.54, 1.807) is 31.4 Å². The molecular weight excluding hydrogens is 196 g/mol. The molecule has 4 heteroatoms. The van der Waals surface area contributed by atoms with Crippen molar-refractivity contribution in [3.05, 3.63) is 29.8 Å².